The summed E-state index contributed by atoms with van der Waals surface area (Å²) in [7, 11) is 1.58. The average Bonchev–Trinajstić information content (AvgIpc) is 3.49. The molecule has 2 aromatic carbocycles. The first-order valence-corrected chi connectivity index (χ1v) is 12.2. The number of hydrogen-bond donors (Lipinski definition) is 3. The predicted molar refractivity (Wildman–Crippen MR) is 136 cm³/mol. The smallest absolute Gasteiger partial charge is 0.328 e. The second-order valence-electron chi connectivity index (χ2n) is 9.11. The van der Waals surface area contributed by atoms with Gasteiger partial charge in [-0.1, -0.05) is 36.4 Å². The minimum absolute atomic E-state index is 0.154. The minimum Gasteiger partial charge on any atom is -0.382 e. The number of anilines is 1. The number of nitrogens with zero attached hydrogens (tertiary/aromatic N) is 3. The second-order valence-corrected chi connectivity index (χ2v) is 9.11. The largest absolute Gasteiger partial charge is 0.382 e. The van der Waals surface area contributed by atoms with Gasteiger partial charge in [0.05, 0.1) is 19.8 Å². The molecule has 2 aliphatic heterocycles. The minimum atomic E-state index is -0.748. The Bertz CT molecular complexity index is 1290. The summed E-state index contributed by atoms with van der Waals surface area (Å²) in [5.74, 6) is 0.275. The number of ether oxygens (including phenoxy) is 2. The van der Waals surface area contributed by atoms with E-state index < -0.39 is 6.35 Å². The first-order chi connectivity index (χ1) is 17.5. The maximum absolute atomic E-state index is 15.1. The molecule has 1 atom stereocenters. The number of amidine groups is 1. The van der Waals surface area contributed by atoms with Crippen LogP contribution in [-0.2, 0) is 22.6 Å². The lowest BCUT2D eigenvalue weighted by molar-refractivity contribution is 0.0341. The van der Waals surface area contributed by atoms with Crippen molar-refractivity contribution in [2.24, 2.45) is 10.7 Å². The summed E-state index contributed by atoms with van der Waals surface area (Å²) in [6.45, 7) is 4.07. The molecule has 0 aliphatic carbocycles. The van der Waals surface area contributed by atoms with Gasteiger partial charge in [-0.05, 0) is 48.7 Å². The molecule has 3 aromatic rings. The summed E-state index contributed by atoms with van der Waals surface area (Å²) >= 11 is 0. The number of benzene rings is 2. The Labute approximate surface area is 208 Å². The highest BCUT2D eigenvalue weighted by molar-refractivity contribution is 6.01. The molecule has 0 amide bonds. The number of nitrogens with one attached hydrogen (secondary N) is 2. The van der Waals surface area contributed by atoms with Crippen LogP contribution in [0.2, 0.25) is 0 Å². The Hall–Kier alpha value is -3.47. The number of H-pyrrole nitrogens is 1. The maximum atomic E-state index is 15.1. The molecule has 1 aromatic heterocycles. The molecule has 1 unspecified atom stereocenters. The number of fused-ring (bicyclic) bond motifs is 1. The topological polar surface area (TPSA) is 110 Å². The van der Waals surface area contributed by atoms with Crippen molar-refractivity contribution in [2.75, 3.05) is 38.7 Å². The molecule has 0 spiro atoms. The molecular formula is C26H31FN6O3. The van der Waals surface area contributed by atoms with E-state index in [4.69, 9.17) is 15.2 Å². The van der Waals surface area contributed by atoms with Crippen LogP contribution in [0.3, 0.4) is 0 Å². The number of nitrogens with two attached hydrogens (primary N) is 1. The zero-order valence-corrected chi connectivity index (χ0v) is 20.3. The number of methoxy groups -OCH3 is 1. The number of aromatic nitrogens is 2. The number of aromatic amines is 1. The van der Waals surface area contributed by atoms with Crippen molar-refractivity contribution in [3.8, 4) is 11.1 Å². The fourth-order valence-corrected chi connectivity index (χ4v) is 4.68. The van der Waals surface area contributed by atoms with Gasteiger partial charge in [0.2, 0.25) is 6.35 Å². The van der Waals surface area contributed by atoms with Crippen molar-refractivity contribution in [1.82, 2.24) is 14.5 Å². The van der Waals surface area contributed by atoms with Crippen molar-refractivity contribution in [2.45, 2.75) is 32.3 Å². The molecule has 0 saturated carbocycles. The van der Waals surface area contributed by atoms with Gasteiger partial charge in [-0.2, -0.15) is 0 Å². The van der Waals surface area contributed by atoms with Crippen LogP contribution in [-0.4, -0.2) is 60.1 Å². The van der Waals surface area contributed by atoms with Gasteiger partial charge < -0.3 is 25.5 Å². The molecule has 5 rings (SSSR count). The van der Waals surface area contributed by atoms with Gasteiger partial charge in [-0.3, -0.25) is 9.47 Å². The van der Waals surface area contributed by atoms with E-state index in [1.54, 1.807) is 13.2 Å². The molecule has 4 N–H and O–H groups in total. The summed E-state index contributed by atoms with van der Waals surface area (Å²) in [5, 5.41) is 3.07. The molecule has 0 bridgehead atoms. The quantitative estimate of drug-likeness (QED) is 0.395. The van der Waals surface area contributed by atoms with Crippen molar-refractivity contribution >= 4 is 11.7 Å². The van der Waals surface area contributed by atoms with Crippen LogP contribution in [0.15, 0.2) is 52.3 Å². The molecule has 36 heavy (non-hydrogen) atoms. The lowest BCUT2D eigenvalue weighted by Crippen LogP contribution is -2.33. The van der Waals surface area contributed by atoms with Crippen LogP contribution >= 0.6 is 0 Å². The van der Waals surface area contributed by atoms with Crippen LogP contribution in [0, 0.1) is 5.82 Å². The van der Waals surface area contributed by atoms with E-state index in [0.29, 0.717) is 35.9 Å². The highest BCUT2D eigenvalue weighted by atomic mass is 19.1. The monoisotopic (exact) mass is 494 g/mol. The summed E-state index contributed by atoms with van der Waals surface area (Å²) in [6.07, 6.45) is 1.77. The van der Waals surface area contributed by atoms with Gasteiger partial charge in [-0.25, -0.2) is 14.2 Å². The highest BCUT2D eigenvalue weighted by Gasteiger charge is 2.25. The number of rotatable bonds is 9. The Morgan fingerprint density at radius 2 is 1.83 bits per heavy atom. The van der Waals surface area contributed by atoms with E-state index in [0.717, 1.165) is 25.2 Å². The highest BCUT2D eigenvalue weighted by Crippen LogP contribution is 2.26. The lowest BCUT2D eigenvalue weighted by Gasteiger charge is -2.22. The van der Waals surface area contributed by atoms with Crippen molar-refractivity contribution < 1.29 is 13.9 Å². The van der Waals surface area contributed by atoms with Crippen LogP contribution in [0.4, 0.5) is 10.2 Å². The number of imidazole rings is 1. The van der Waals surface area contributed by atoms with Gasteiger partial charge in [-0.15, -0.1) is 0 Å². The first kappa shape index (κ1) is 24.2. The normalized spacial score (nSPS) is 17.6. The summed E-state index contributed by atoms with van der Waals surface area (Å²) in [4.78, 5) is 22.0. The number of hydrogen-bond acceptors (Lipinski definition) is 7. The molecule has 9 nitrogen and oxygen atoms in total. The molecule has 3 heterocycles. The van der Waals surface area contributed by atoms with Crippen molar-refractivity contribution in [3.63, 3.8) is 0 Å². The van der Waals surface area contributed by atoms with Gasteiger partial charge in [0, 0.05) is 19.2 Å². The van der Waals surface area contributed by atoms with Crippen LogP contribution in [0.5, 0.6) is 0 Å². The zero-order chi connectivity index (χ0) is 25.1. The van der Waals surface area contributed by atoms with E-state index in [1.165, 1.54) is 29.0 Å². The van der Waals surface area contributed by atoms with E-state index in [2.05, 4.69) is 32.3 Å². The van der Waals surface area contributed by atoms with Crippen molar-refractivity contribution in [3.05, 3.63) is 75.6 Å². The molecule has 10 heteroatoms. The fourth-order valence-electron chi connectivity index (χ4n) is 4.68. The summed E-state index contributed by atoms with van der Waals surface area (Å²) in [5.41, 5.74) is 9.27. The Morgan fingerprint density at radius 1 is 1.08 bits per heavy atom. The zero-order valence-electron chi connectivity index (χ0n) is 20.3. The lowest BCUT2D eigenvalue weighted by atomic mass is 10.0. The molecule has 190 valence electrons. The number of likely N-dealkylation sites (tertiary alicyclic amines) is 1. The maximum Gasteiger partial charge on any atom is 0.328 e. The first-order valence-electron chi connectivity index (χ1n) is 12.2. The van der Waals surface area contributed by atoms with Crippen LogP contribution in [0.1, 0.15) is 29.7 Å². The average molecular weight is 495 g/mol. The van der Waals surface area contributed by atoms with Gasteiger partial charge >= 0.3 is 5.69 Å². The van der Waals surface area contributed by atoms with E-state index in [-0.39, 0.29) is 23.9 Å². The van der Waals surface area contributed by atoms with Crippen LogP contribution < -0.4 is 16.7 Å². The molecular weight excluding hydrogens is 463 g/mol. The molecule has 1 saturated heterocycles. The Kier molecular flexibility index (Phi) is 7.17. The van der Waals surface area contributed by atoms with Gasteiger partial charge in [0.1, 0.15) is 17.3 Å². The molecule has 0 radical (unpaired) electrons. The third kappa shape index (κ3) is 5.20. The number of halogens is 1. The molecule has 1 fully saturated rings. The van der Waals surface area contributed by atoms with Crippen LogP contribution in [0.25, 0.3) is 11.1 Å². The van der Waals surface area contributed by atoms with Gasteiger partial charge in [0.15, 0.2) is 5.84 Å². The SMILES string of the molecule is COCCOC1N=C(N)c2[nH]c(=O)n(Cc3ccc(-c4ccc(CN5CCCC5)cc4)c(F)c3)c2N1. The Balaban J connectivity index is 1.31. The second kappa shape index (κ2) is 10.7. The third-order valence-electron chi connectivity index (χ3n) is 6.56. The van der Waals surface area contributed by atoms with Crippen molar-refractivity contribution in [1.29, 1.82) is 0 Å². The van der Waals surface area contributed by atoms with E-state index >= 15 is 4.39 Å². The summed E-state index contributed by atoms with van der Waals surface area (Å²) in [6, 6.07) is 13.1. The Morgan fingerprint density at radius 3 is 2.56 bits per heavy atom. The summed E-state index contributed by atoms with van der Waals surface area (Å²) < 4.78 is 27.2. The van der Waals surface area contributed by atoms with E-state index in [1.807, 2.05) is 18.2 Å². The third-order valence-corrected chi connectivity index (χ3v) is 6.56. The standard InChI is InChI=1S/C26H31FN6O3/c1-35-12-13-36-25-30-23(28)22-24(31-25)33(26(34)29-22)16-18-6-9-20(21(27)14-18)19-7-4-17(5-8-19)15-32-10-2-3-11-32/h4-9,14,25,31H,2-3,10-13,15-16H2,1H3,(H2,28,30)(H,29,34). The molecule has 2 aliphatic rings. The fraction of sp³-hybridized carbons (Fsp3) is 0.385. The number of aliphatic imine (C=N–C) groups is 1. The predicted octanol–water partition coefficient (Wildman–Crippen LogP) is 2.70. The van der Waals surface area contributed by atoms with E-state index in [9.17, 15) is 4.79 Å². The van der Waals surface area contributed by atoms with Gasteiger partial charge in [0.25, 0.3) is 0 Å².